The Morgan fingerprint density at radius 3 is 2.94 bits per heavy atom. The molecule has 0 aromatic carbocycles. The van der Waals surface area contributed by atoms with Gasteiger partial charge in [-0.05, 0) is 12.1 Å². The first-order chi connectivity index (χ1) is 7.70. The van der Waals surface area contributed by atoms with Gasteiger partial charge in [0.15, 0.2) is 5.76 Å². The van der Waals surface area contributed by atoms with Crippen molar-refractivity contribution in [1.82, 2.24) is 9.55 Å². The van der Waals surface area contributed by atoms with Gasteiger partial charge in [-0.25, -0.2) is 4.98 Å². The molecule has 84 valence electrons. The van der Waals surface area contributed by atoms with E-state index >= 15 is 0 Å². The van der Waals surface area contributed by atoms with Crippen molar-refractivity contribution in [3.8, 4) is 0 Å². The molecule has 0 aliphatic heterocycles. The second-order valence-corrected chi connectivity index (χ2v) is 3.52. The minimum atomic E-state index is -0.0889. The smallest absolute Gasteiger partial charge is 0.205 e. The average molecular weight is 219 g/mol. The maximum absolute atomic E-state index is 11.8. The van der Waals surface area contributed by atoms with E-state index in [2.05, 4.69) is 4.98 Å². The van der Waals surface area contributed by atoms with Crippen LogP contribution in [-0.4, -0.2) is 15.3 Å². The van der Waals surface area contributed by atoms with E-state index in [1.54, 1.807) is 24.5 Å². The summed E-state index contributed by atoms with van der Waals surface area (Å²) in [6, 6.07) is 3.36. The number of furan rings is 1. The van der Waals surface area contributed by atoms with Gasteiger partial charge in [0.2, 0.25) is 5.78 Å². The second kappa shape index (κ2) is 4.32. The van der Waals surface area contributed by atoms with Crippen molar-refractivity contribution in [2.45, 2.75) is 13.0 Å². The monoisotopic (exact) mass is 219 g/mol. The van der Waals surface area contributed by atoms with Gasteiger partial charge >= 0.3 is 0 Å². The van der Waals surface area contributed by atoms with Crippen LogP contribution in [0.15, 0.2) is 28.9 Å². The van der Waals surface area contributed by atoms with Crippen LogP contribution in [0.1, 0.15) is 22.1 Å². The van der Waals surface area contributed by atoms with Crippen molar-refractivity contribution in [2.75, 3.05) is 0 Å². The van der Waals surface area contributed by atoms with E-state index < -0.39 is 0 Å². The summed E-state index contributed by atoms with van der Waals surface area (Å²) in [5.74, 6) is 1.58. The van der Waals surface area contributed by atoms with Crippen molar-refractivity contribution in [2.24, 2.45) is 12.8 Å². The van der Waals surface area contributed by atoms with E-state index in [0.717, 1.165) is 5.82 Å². The van der Waals surface area contributed by atoms with Crippen molar-refractivity contribution in [1.29, 1.82) is 0 Å². The number of ketones is 1. The fraction of sp³-hybridized carbons (Fsp3) is 0.273. The number of Topliss-reactive ketones (excluding diaryl/α,β-unsaturated/α-hetero) is 1. The zero-order chi connectivity index (χ0) is 11.5. The largest absolute Gasteiger partial charge is 0.457 e. The van der Waals surface area contributed by atoms with Gasteiger partial charge in [0.05, 0.1) is 13.0 Å². The van der Waals surface area contributed by atoms with Crippen LogP contribution in [0, 0.1) is 0 Å². The van der Waals surface area contributed by atoms with Crippen LogP contribution in [-0.2, 0) is 20.0 Å². The van der Waals surface area contributed by atoms with Crippen LogP contribution in [0.25, 0.3) is 0 Å². The Labute approximate surface area is 92.9 Å². The van der Waals surface area contributed by atoms with Crippen LogP contribution in [0.2, 0.25) is 0 Å². The first-order valence-electron chi connectivity index (χ1n) is 4.99. The quantitative estimate of drug-likeness (QED) is 0.775. The van der Waals surface area contributed by atoms with E-state index in [1.165, 1.54) is 0 Å². The summed E-state index contributed by atoms with van der Waals surface area (Å²) in [5, 5.41) is 0. The molecule has 0 spiro atoms. The van der Waals surface area contributed by atoms with Crippen molar-refractivity contribution < 1.29 is 9.21 Å². The minimum absolute atomic E-state index is 0.0889. The van der Waals surface area contributed by atoms with Gasteiger partial charge < -0.3 is 14.7 Å². The normalized spacial score (nSPS) is 10.6. The number of carbonyl (C=O) groups excluding carboxylic acids is 1. The maximum atomic E-state index is 11.8. The minimum Gasteiger partial charge on any atom is -0.457 e. The number of hydrogen-bond donors (Lipinski definition) is 1. The van der Waals surface area contributed by atoms with Crippen LogP contribution in [0.3, 0.4) is 0 Å². The zero-order valence-corrected chi connectivity index (χ0v) is 9.01. The summed E-state index contributed by atoms with van der Waals surface area (Å²) in [6.07, 6.45) is 3.70. The predicted octanol–water partition coefficient (Wildman–Crippen LogP) is 0.897. The molecule has 0 atom stereocenters. The molecule has 5 heteroatoms. The zero-order valence-electron chi connectivity index (χ0n) is 9.01. The lowest BCUT2D eigenvalue weighted by Gasteiger charge is -1.99. The second-order valence-electron chi connectivity index (χ2n) is 3.52. The molecule has 0 saturated heterocycles. The van der Waals surface area contributed by atoms with Crippen molar-refractivity contribution >= 4 is 5.78 Å². The molecule has 0 unspecified atom stereocenters. The van der Waals surface area contributed by atoms with Gasteiger partial charge in [0, 0.05) is 19.4 Å². The molecular weight excluding hydrogens is 206 g/mol. The highest BCUT2D eigenvalue weighted by Crippen LogP contribution is 2.10. The highest BCUT2D eigenvalue weighted by Gasteiger charge is 2.13. The Morgan fingerprint density at radius 1 is 1.56 bits per heavy atom. The van der Waals surface area contributed by atoms with Crippen LogP contribution in [0.4, 0.5) is 0 Å². The summed E-state index contributed by atoms with van der Waals surface area (Å²) < 4.78 is 7.08. The van der Waals surface area contributed by atoms with Gasteiger partial charge in [-0.2, -0.15) is 0 Å². The Hall–Kier alpha value is -1.88. The fourth-order valence-corrected chi connectivity index (χ4v) is 1.44. The Kier molecular flexibility index (Phi) is 2.87. The first kappa shape index (κ1) is 10.6. The molecule has 0 aliphatic rings. The number of nitrogens with zero attached hydrogens (tertiary/aromatic N) is 2. The first-order valence-corrected chi connectivity index (χ1v) is 4.99. The predicted molar refractivity (Wildman–Crippen MR) is 57.8 cm³/mol. The van der Waals surface area contributed by atoms with Crippen molar-refractivity contribution in [3.63, 3.8) is 0 Å². The number of nitrogens with two attached hydrogens (primary N) is 1. The molecule has 2 heterocycles. The SMILES string of the molecule is Cn1ccnc1CC(=O)c1ccc(CN)o1. The molecule has 2 N–H and O–H groups in total. The van der Waals surface area contributed by atoms with Crippen molar-refractivity contribution in [3.05, 3.63) is 41.9 Å². The third-order valence-corrected chi connectivity index (χ3v) is 2.38. The number of aryl methyl sites for hydroxylation is 1. The lowest BCUT2D eigenvalue weighted by molar-refractivity contribution is 0.0961. The lowest BCUT2D eigenvalue weighted by Crippen LogP contribution is -2.07. The van der Waals surface area contributed by atoms with E-state index in [9.17, 15) is 4.79 Å². The Morgan fingerprint density at radius 2 is 2.38 bits per heavy atom. The molecule has 2 aromatic heterocycles. The molecule has 2 rings (SSSR count). The average Bonchev–Trinajstić information content (AvgIpc) is 2.88. The number of imidazole rings is 1. The molecule has 0 bridgehead atoms. The van der Waals surface area contributed by atoms with E-state index in [1.807, 2.05) is 11.6 Å². The summed E-state index contributed by atoms with van der Waals surface area (Å²) in [6.45, 7) is 0.301. The summed E-state index contributed by atoms with van der Waals surface area (Å²) in [5.41, 5.74) is 5.40. The molecular formula is C11H13N3O2. The lowest BCUT2D eigenvalue weighted by atomic mass is 10.2. The molecule has 0 aliphatic carbocycles. The summed E-state index contributed by atoms with van der Waals surface area (Å²) >= 11 is 0. The van der Waals surface area contributed by atoms with Gasteiger partial charge in [-0.15, -0.1) is 0 Å². The Bertz CT molecular complexity index is 499. The molecule has 0 radical (unpaired) electrons. The standard InChI is InChI=1S/C11H13N3O2/c1-14-5-4-13-11(14)6-9(15)10-3-2-8(7-12)16-10/h2-5H,6-7,12H2,1H3. The fourth-order valence-electron chi connectivity index (χ4n) is 1.44. The summed E-state index contributed by atoms with van der Waals surface area (Å²) in [7, 11) is 1.85. The topological polar surface area (TPSA) is 74.0 Å². The number of aromatic nitrogens is 2. The molecule has 0 saturated carbocycles. The van der Waals surface area contributed by atoms with E-state index in [4.69, 9.17) is 10.2 Å². The van der Waals surface area contributed by atoms with E-state index in [-0.39, 0.29) is 12.2 Å². The molecule has 0 fully saturated rings. The maximum Gasteiger partial charge on any atom is 0.205 e. The Balaban J connectivity index is 2.11. The molecule has 2 aromatic rings. The third kappa shape index (κ3) is 2.04. The highest BCUT2D eigenvalue weighted by atomic mass is 16.3. The van der Waals surface area contributed by atoms with Gasteiger partial charge in [-0.1, -0.05) is 0 Å². The van der Waals surface area contributed by atoms with Crippen LogP contribution < -0.4 is 5.73 Å². The molecule has 0 amide bonds. The van der Waals surface area contributed by atoms with E-state index in [0.29, 0.717) is 18.1 Å². The molecule has 16 heavy (non-hydrogen) atoms. The number of carbonyl (C=O) groups is 1. The summed E-state index contributed by atoms with van der Waals surface area (Å²) in [4.78, 5) is 15.9. The third-order valence-electron chi connectivity index (χ3n) is 2.38. The van der Waals surface area contributed by atoms with Crippen LogP contribution >= 0.6 is 0 Å². The number of hydrogen-bond acceptors (Lipinski definition) is 4. The van der Waals surface area contributed by atoms with Gasteiger partial charge in [0.25, 0.3) is 0 Å². The number of rotatable bonds is 4. The molecule has 5 nitrogen and oxygen atoms in total. The van der Waals surface area contributed by atoms with Crippen LogP contribution in [0.5, 0.6) is 0 Å². The highest BCUT2D eigenvalue weighted by molar-refractivity contribution is 5.94. The van der Waals surface area contributed by atoms with Gasteiger partial charge in [0.1, 0.15) is 11.6 Å². The van der Waals surface area contributed by atoms with Gasteiger partial charge in [-0.3, -0.25) is 4.79 Å².